The van der Waals surface area contributed by atoms with Crippen LogP contribution in [0.3, 0.4) is 0 Å². The normalized spacial score (nSPS) is 35.8. The van der Waals surface area contributed by atoms with Crippen molar-refractivity contribution in [1.82, 2.24) is 4.90 Å². The minimum absolute atomic E-state index is 0.00172. The van der Waals surface area contributed by atoms with Crippen LogP contribution in [0.15, 0.2) is 24.3 Å². The van der Waals surface area contributed by atoms with Crippen LogP contribution in [0.5, 0.6) is 0 Å². The van der Waals surface area contributed by atoms with E-state index in [1.165, 1.54) is 11.3 Å². The zero-order valence-corrected chi connectivity index (χ0v) is 16.7. The molecule has 4 atom stereocenters. The molecule has 3 fully saturated rings. The number of benzene rings is 1. The van der Waals surface area contributed by atoms with Crippen LogP contribution in [0.2, 0.25) is 0 Å². The summed E-state index contributed by atoms with van der Waals surface area (Å²) in [6.45, 7) is 12.5. The molecule has 1 heterocycles. The van der Waals surface area contributed by atoms with E-state index in [4.69, 9.17) is 5.73 Å². The fourth-order valence-corrected chi connectivity index (χ4v) is 6.06. The Morgan fingerprint density at radius 1 is 1.12 bits per heavy atom. The van der Waals surface area contributed by atoms with Crippen molar-refractivity contribution in [3.8, 4) is 0 Å². The first-order valence-corrected chi connectivity index (χ1v) is 10.1. The second-order valence-corrected chi connectivity index (χ2v) is 9.43. The van der Waals surface area contributed by atoms with Crippen LogP contribution in [0.4, 0.5) is 5.69 Å². The summed E-state index contributed by atoms with van der Waals surface area (Å²) in [4.78, 5) is 17.9. The average Bonchev–Trinajstić information content (AvgIpc) is 2.94. The summed E-state index contributed by atoms with van der Waals surface area (Å²) in [7, 11) is 0. The van der Waals surface area contributed by atoms with Gasteiger partial charge >= 0.3 is 0 Å². The van der Waals surface area contributed by atoms with Crippen molar-refractivity contribution in [3.05, 3.63) is 29.8 Å². The van der Waals surface area contributed by atoms with Crippen molar-refractivity contribution in [3.63, 3.8) is 0 Å². The summed E-state index contributed by atoms with van der Waals surface area (Å²) in [6.07, 6.45) is 2.31. The Hall–Kier alpha value is -1.55. The van der Waals surface area contributed by atoms with Gasteiger partial charge in [0.05, 0.1) is 5.92 Å². The van der Waals surface area contributed by atoms with Gasteiger partial charge in [0.2, 0.25) is 5.91 Å². The zero-order chi connectivity index (χ0) is 18.7. The van der Waals surface area contributed by atoms with Crippen molar-refractivity contribution in [1.29, 1.82) is 0 Å². The number of aryl methyl sites for hydroxylation is 1. The molecule has 0 aromatic heterocycles. The van der Waals surface area contributed by atoms with Gasteiger partial charge < -0.3 is 15.5 Å². The number of piperazine rings is 1. The monoisotopic (exact) mass is 355 g/mol. The van der Waals surface area contributed by atoms with Gasteiger partial charge in [-0.05, 0) is 48.1 Å². The van der Waals surface area contributed by atoms with E-state index in [0.29, 0.717) is 11.8 Å². The molecule has 0 radical (unpaired) electrons. The van der Waals surface area contributed by atoms with Crippen LogP contribution in [0, 0.1) is 29.6 Å². The Bertz CT molecular complexity index is 707. The van der Waals surface area contributed by atoms with E-state index in [1.807, 2.05) is 0 Å². The standard InChI is InChI=1S/C22H33N3O/c1-15-7-5-6-8-17(15)24-11-13-25(14-12-24)20(26)18-16-9-10-22(4,19(18)23)21(16,2)3/h5-8,16,18-19H,9-14,23H2,1-4H3/t16-,18+,19-,22+/m1/s1. The summed E-state index contributed by atoms with van der Waals surface area (Å²) in [5, 5.41) is 0. The molecule has 4 rings (SSSR count). The first-order valence-electron chi connectivity index (χ1n) is 10.1. The van der Waals surface area contributed by atoms with Gasteiger partial charge in [-0.25, -0.2) is 0 Å². The number of hydrogen-bond acceptors (Lipinski definition) is 3. The first kappa shape index (κ1) is 17.8. The molecule has 0 unspecified atom stereocenters. The van der Waals surface area contributed by atoms with Crippen molar-refractivity contribution >= 4 is 11.6 Å². The number of anilines is 1. The van der Waals surface area contributed by atoms with E-state index in [-0.39, 0.29) is 22.8 Å². The highest BCUT2D eigenvalue weighted by Gasteiger charge is 2.67. The molecule has 3 aliphatic rings. The van der Waals surface area contributed by atoms with Gasteiger partial charge in [-0.3, -0.25) is 4.79 Å². The van der Waals surface area contributed by atoms with E-state index in [9.17, 15) is 4.79 Å². The lowest BCUT2D eigenvalue weighted by atomic mass is 9.69. The lowest BCUT2D eigenvalue weighted by Gasteiger charge is -2.41. The summed E-state index contributed by atoms with van der Waals surface area (Å²) < 4.78 is 0. The quantitative estimate of drug-likeness (QED) is 0.887. The van der Waals surface area contributed by atoms with Gasteiger partial charge in [-0.2, -0.15) is 0 Å². The minimum Gasteiger partial charge on any atom is -0.368 e. The van der Waals surface area contributed by atoms with Gasteiger partial charge in [0.25, 0.3) is 0 Å². The summed E-state index contributed by atoms with van der Waals surface area (Å²) in [6, 6.07) is 8.51. The van der Waals surface area contributed by atoms with Crippen LogP contribution in [0.1, 0.15) is 39.2 Å². The number of rotatable bonds is 2. The minimum atomic E-state index is -0.00172. The maximum absolute atomic E-state index is 13.4. The third kappa shape index (κ3) is 2.34. The lowest BCUT2D eigenvalue weighted by Crippen LogP contribution is -2.55. The molecule has 1 amide bonds. The largest absolute Gasteiger partial charge is 0.368 e. The van der Waals surface area contributed by atoms with Crippen molar-refractivity contribution in [2.45, 2.75) is 46.6 Å². The van der Waals surface area contributed by atoms with Crippen LogP contribution >= 0.6 is 0 Å². The Morgan fingerprint density at radius 3 is 2.35 bits per heavy atom. The summed E-state index contributed by atoms with van der Waals surface area (Å²) >= 11 is 0. The molecule has 2 bridgehead atoms. The molecule has 2 saturated carbocycles. The molecule has 1 aromatic rings. The number of para-hydroxylation sites is 1. The maximum atomic E-state index is 13.4. The highest BCUT2D eigenvalue weighted by atomic mass is 16.2. The Morgan fingerprint density at radius 2 is 1.77 bits per heavy atom. The second kappa shape index (κ2) is 5.98. The molecular formula is C22H33N3O. The van der Waals surface area contributed by atoms with E-state index in [1.54, 1.807) is 0 Å². The number of amides is 1. The van der Waals surface area contributed by atoms with Crippen molar-refractivity contribution in [2.24, 2.45) is 28.4 Å². The second-order valence-electron chi connectivity index (χ2n) is 9.43. The zero-order valence-electron chi connectivity index (χ0n) is 16.7. The third-order valence-corrected chi connectivity index (χ3v) is 8.26. The van der Waals surface area contributed by atoms with Crippen LogP contribution in [-0.2, 0) is 4.79 Å². The average molecular weight is 356 g/mol. The van der Waals surface area contributed by atoms with E-state index >= 15 is 0 Å². The topological polar surface area (TPSA) is 49.6 Å². The molecule has 26 heavy (non-hydrogen) atoms. The number of nitrogens with zero attached hydrogens (tertiary/aromatic N) is 2. The van der Waals surface area contributed by atoms with Gasteiger partial charge in [0.1, 0.15) is 0 Å². The molecule has 1 saturated heterocycles. The van der Waals surface area contributed by atoms with Gasteiger partial charge in [-0.15, -0.1) is 0 Å². The molecular weight excluding hydrogens is 322 g/mol. The molecule has 1 aromatic carbocycles. The fraction of sp³-hybridized carbons (Fsp3) is 0.682. The number of hydrogen-bond donors (Lipinski definition) is 1. The fourth-order valence-electron chi connectivity index (χ4n) is 6.06. The molecule has 4 nitrogen and oxygen atoms in total. The SMILES string of the molecule is Cc1ccccc1N1CCN(C(=O)[C@H]2[C@H]3CC[C@@](C)([C@@H]2N)C3(C)C)CC1. The number of carbonyl (C=O) groups excluding carboxylic acids is 1. The lowest BCUT2D eigenvalue weighted by molar-refractivity contribution is -0.138. The van der Waals surface area contributed by atoms with Crippen LogP contribution < -0.4 is 10.6 Å². The third-order valence-electron chi connectivity index (χ3n) is 8.26. The predicted octanol–water partition coefficient (Wildman–Crippen LogP) is 3.04. The number of carbonyl (C=O) groups is 1. The summed E-state index contributed by atoms with van der Waals surface area (Å²) in [5.74, 6) is 0.751. The van der Waals surface area contributed by atoms with E-state index in [2.05, 4.69) is 61.8 Å². The van der Waals surface area contributed by atoms with Crippen LogP contribution in [0.25, 0.3) is 0 Å². The molecule has 2 aliphatic carbocycles. The Labute approximate surface area is 157 Å². The van der Waals surface area contributed by atoms with Gasteiger partial charge in [0, 0.05) is 37.9 Å². The molecule has 142 valence electrons. The molecule has 0 spiro atoms. The molecule has 1 aliphatic heterocycles. The number of nitrogens with two attached hydrogens (primary N) is 1. The highest BCUT2D eigenvalue weighted by molar-refractivity contribution is 5.81. The van der Waals surface area contributed by atoms with E-state index in [0.717, 1.165) is 39.0 Å². The van der Waals surface area contributed by atoms with Crippen LogP contribution in [-0.4, -0.2) is 43.0 Å². The summed E-state index contributed by atoms with van der Waals surface area (Å²) in [5.41, 5.74) is 9.52. The van der Waals surface area contributed by atoms with Crippen molar-refractivity contribution < 1.29 is 4.79 Å². The first-order chi connectivity index (χ1) is 12.3. The Balaban J connectivity index is 1.46. The van der Waals surface area contributed by atoms with Crippen molar-refractivity contribution in [2.75, 3.05) is 31.1 Å². The molecule has 2 N–H and O–H groups in total. The van der Waals surface area contributed by atoms with Gasteiger partial charge in [0.15, 0.2) is 0 Å². The maximum Gasteiger partial charge on any atom is 0.227 e. The number of fused-ring (bicyclic) bond motifs is 2. The predicted molar refractivity (Wildman–Crippen MR) is 106 cm³/mol. The Kier molecular flexibility index (Phi) is 4.11. The smallest absolute Gasteiger partial charge is 0.227 e. The highest BCUT2D eigenvalue weighted by Crippen LogP contribution is 2.67. The van der Waals surface area contributed by atoms with Gasteiger partial charge in [-0.1, -0.05) is 39.0 Å². The van der Waals surface area contributed by atoms with E-state index < -0.39 is 0 Å². The molecule has 4 heteroatoms.